The van der Waals surface area contributed by atoms with Crippen molar-refractivity contribution < 1.29 is 4.79 Å². The maximum absolute atomic E-state index is 12.7. The van der Waals surface area contributed by atoms with Crippen LogP contribution in [0.1, 0.15) is 66.2 Å². The topological polar surface area (TPSA) is 45.2 Å². The van der Waals surface area contributed by atoms with Gasteiger partial charge >= 0.3 is 0 Å². The monoisotopic (exact) mass is 445 g/mol. The van der Waals surface area contributed by atoms with Crippen molar-refractivity contribution in [3.63, 3.8) is 0 Å². The number of benzene rings is 1. The molecule has 1 saturated heterocycles. The Hall–Kier alpha value is -1.62. The van der Waals surface area contributed by atoms with Crippen molar-refractivity contribution in [3.8, 4) is 0 Å². The molecular weight excluding hydrogens is 417 g/mol. The average molecular weight is 446 g/mol. The Kier molecular flexibility index (Phi) is 7.29. The van der Waals surface area contributed by atoms with Gasteiger partial charge in [-0.1, -0.05) is 42.1 Å². The van der Waals surface area contributed by atoms with Crippen LogP contribution in [0.2, 0.25) is 10.0 Å². The molecule has 1 aromatic carbocycles. The summed E-state index contributed by atoms with van der Waals surface area (Å²) in [4.78, 5) is 19.5. The number of pyridine rings is 1. The van der Waals surface area contributed by atoms with Crippen LogP contribution < -0.4 is 5.32 Å². The summed E-state index contributed by atoms with van der Waals surface area (Å²) in [7, 11) is 0. The molecule has 0 spiro atoms. The first-order chi connectivity index (χ1) is 14.6. The summed E-state index contributed by atoms with van der Waals surface area (Å²) in [5.41, 5.74) is 3.00. The van der Waals surface area contributed by atoms with E-state index < -0.39 is 0 Å². The van der Waals surface area contributed by atoms with E-state index in [9.17, 15) is 4.79 Å². The second-order valence-electron chi connectivity index (χ2n) is 8.53. The number of aromatic nitrogens is 1. The van der Waals surface area contributed by atoms with E-state index >= 15 is 0 Å². The molecule has 2 fully saturated rings. The Morgan fingerprint density at radius 3 is 2.53 bits per heavy atom. The van der Waals surface area contributed by atoms with Crippen LogP contribution in [0.4, 0.5) is 0 Å². The quantitative estimate of drug-likeness (QED) is 0.620. The Balaban J connectivity index is 1.22. The molecule has 0 unspecified atom stereocenters. The van der Waals surface area contributed by atoms with E-state index in [2.05, 4.69) is 23.5 Å². The van der Waals surface area contributed by atoms with Gasteiger partial charge in [0.15, 0.2) is 0 Å². The number of carbonyl (C=O) groups is 1. The molecule has 1 amide bonds. The van der Waals surface area contributed by atoms with Crippen LogP contribution in [0.5, 0.6) is 0 Å². The predicted molar refractivity (Wildman–Crippen MR) is 122 cm³/mol. The smallest absolute Gasteiger partial charge is 0.253 e. The third-order valence-corrected chi connectivity index (χ3v) is 7.15. The molecule has 6 heteroatoms. The molecule has 2 aliphatic rings. The number of likely N-dealkylation sites (tertiary alicyclic amines) is 1. The summed E-state index contributed by atoms with van der Waals surface area (Å²) in [6.07, 6.45) is 7.25. The number of nitrogens with zero attached hydrogens (tertiary/aromatic N) is 2. The van der Waals surface area contributed by atoms with Crippen LogP contribution in [-0.2, 0) is 6.54 Å². The zero-order valence-corrected chi connectivity index (χ0v) is 18.8. The van der Waals surface area contributed by atoms with E-state index in [1.165, 1.54) is 31.4 Å². The van der Waals surface area contributed by atoms with Gasteiger partial charge in [0.1, 0.15) is 0 Å². The highest BCUT2D eigenvalue weighted by Gasteiger charge is 2.24. The van der Waals surface area contributed by atoms with Crippen molar-refractivity contribution in [2.75, 3.05) is 19.6 Å². The van der Waals surface area contributed by atoms with Gasteiger partial charge in [-0.3, -0.25) is 9.78 Å². The van der Waals surface area contributed by atoms with Gasteiger partial charge in [-0.2, -0.15) is 0 Å². The minimum atomic E-state index is 0.0351. The lowest BCUT2D eigenvalue weighted by Crippen LogP contribution is -2.40. The van der Waals surface area contributed by atoms with Crippen LogP contribution in [0.3, 0.4) is 0 Å². The molecule has 30 heavy (non-hydrogen) atoms. The second kappa shape index (κ2) is 10.1. The van der Waals surface area contributed by atoms with E-state index in [0.29, 0.717) is 27.4 Å². The molecule has 1 aliphatic heterocycles. The third kappa shape index (κ3) is 5.35. The number of piperidine rings is 1. The summed E-state index contributed by atoms with van der Waals surface area (Å²) in [5.74, 6) is 1.27. The lowest BCUT2D eigenvalue weighted by atomic mass is 9.96. The van der Waals surface area contributed by atoms with Crippen LogP contribution in [-0.4, -0.2) is 35.4 Å². The zero-order valence-electron chi connectivity index (χ0n) is 17.2. The van der Waals surface area contributed by atoms with Gasteiger partial charge in [-0.05, 0) is 68.5 Å². The highest BCUT2D eigenvalue weighted by Crippen LogP contribution is 2.33. The van der Waals surface area contributed by atoms with Gasteiger partial charge in [0.2, 0.25) is 0 Å². The fourth-order valence-electron chi connectivity index (χ4n) is 4.60. The number of nitrogens with one attached hydrogen (secondary N) is 1. The van der Waals surface area contributed by atoms with Crippen molar-refractivity contribution in [2.45, 2.75) is 51.0 Å². The predicted octanol–water partition coefficient (Wildman–Crippen LogP) is 5.69. The number of amides is 1. The zero-order chi connectivity index (χ0) is 20.9. The molecule has 0 bridgehead atoms. The van der Waals surface area contributed by atoms with Crippen LogP contribution in [0.25, 0.3) is 0 Å². The summed E-state index contributed by atoms with van der Waals surface area (Å²) >= 11 is 12.0. The van der Waals surface area contributed by atoms with Crippen molar-refractivity contribution >= 4 is 29.1 Å². The van der Waals surface area contributed by atoms with Gasteiger partial charge in [-0.15, -0.1) is 0 Å². The molecule has 0 atom stereocenters. The number of carbonyl (C=O) groups excluding carboxylic acids is 1. The highest BCUT2D eigenvalue weighted by atomic mass is 35.5. The maximum Gasteiger partial charge on any atom is 0.253 e. The number of hydrogen-bond donors (Lipinski definition) is 1. The molecule has 2 aromatic rings. The summed E-state index contributed by atoms with van der Waals surface area (Å²) < 4.78 is 0. The minimum absolute atomic E-state index is 0.0351. The van der Waals surface area contributed by atoms with Crippen molar-refractivity contribution in [1.29, 1.82) is 0 Å². The first-order valence-corrected chi connectivity index (χ1v) is 11.8. The van der Waals surface area contributed by atoms with Gasteiger partial charge in [0.25, 0.3) is 5.91 Å². The van der Waals surface area contributed by atoms with Crippen LogP contribution in [0.15, 0.2) is 36.4 Å². The second-order valence-corrected chi connectivity index (χ2v) is 9.34. The van der Waals surface area contributed by atoms with Crippen molar-refractivity contribution in [3.05, 3.63) is 63.4 Å². The SMILES string of the molecule is O=C(c1ccc(Cl)c(Cl)c1)N1CCC(CNCc2cccc(C3CCCC3)n2)CC1. The maximum atomic E-state index is 12.7. The minimum Gasteiger partial charge on any atom is -0.339 e. The van der Waals surface area contributed by atoms with Crippen LogP contribution in [0, 0.1) is 5.92 Å². The molecule has 1 N–H and O–H groups in total. The molecule has 2 heterocycles. The van der Waals surface area contributed by atoms with Gasteiger partial charge < -0.3 is 10.2 Å². The summed E-state index contributed by atoms with van der Waals surface area (Å²) in [6.45, 7) is 3.33. The molecule has 0 radical (unpaired) electrons. The van der Waals surface area contributed by atoms with Gasteiger partial charge in [-0.25, -0.2) is 0 Å². The first kappa shape index (κ1) is 21.6. The molecular formula is C24H29Cl2N3O. The van der Waals surface area contributed by atoms with Crippen molar-refractivity contribution in [2.24, 2.45) is 5.92 Å². The van der Waals surface area contributed by atoms with E-state index in [1.54, 1.807) is 18.2 Å². The molecule has 1 aromatic heterocycles. The Morgan fingerprint density at radius 2 is 1.80 bits per heavy atom. The van der Waals surface area contributed by atoms with Gasteiger partial charge in [0, 0.05) is 36.8 Å². The largest absolute Gasteiger partial charge is 0.339 e. The summed E-state index contributed by atoms with van der Waals surface area (Å²) in [6, 6.07) is 11.5. The number of hydrogen-bond acceptors (Lipinski definition) is 3. The van der Waals surface area contributed by atoms with Crippen LogP contribution >= 0.6 is 23.2 Å². The molecule has 4 rings (SSSR count). The van der Waals surface area contributed by atoms with E-state index in [0.717, 1.165) is 44.7 Å². The third-order valence-electron chi connectivity index (χ3n) is 6.41. The Labute approximate surface area is 189 Å². The molecule has 160 valence electrons. The fraction of sp³-hybridized carbons (Fsp3) is 0.500. The van der Waals surface area contributed by atoms with Crippen molar-refractivity contribution in [1.82, 2.24) is 15.2 Å². The molecule has 1 aliphatic carbocycles. The Bertz CT molecular complexity index is 875. The lowest BCUT2D eigenvalue weighted by molar-refractivity contribution is 0.0690. The highest BCUT2D eigenvalue weighted by molar-refractivity contribution is 6.42. The first-order valence-electron chi connectivity index (χ1n) is 11.0. The number of rotatable bonds is 6. The van der Waals surface area contributed by atoms with E-state index in [1.807, 2.05) is 4.90 Å². The molecule has 4 nitrogen and oxygen atoms in total. The normalized spacial score (nSPS) is 18.1. The fourth-order valence-corrected chi connectivity index (χ4v) is 4.90. The van der Waals surface area contributed by atoms with E-state index in [4.69, 9.17) is 28.2 Å². The Morgan fingerprint density at radius 1 is 1.03 bits per heavy atom. The lowest BCUT2D eigenvalue weighted by Gasteiger charge is -2.32. The summed E-state index contributed by atoms with van der Waals surface area (Å²) in [5, 5.41) is 4.48. The van der Waals surface area contributed by atoms with Gasteiger partial charge in [0.05, 0.1) is 15.7 Å². The standard InChI is InChI=1S/C24H29Cl2N3O/c25-21-9-8-19(14-22(21)26)24(30)29-12-10-17(11-13-29)15-27-16-20-6-3-7-23(28-20)18-4-1-2-5-18/h3,6-9,14,17-18,27H,1-2,4-5,10-13,15-16H2. The molecule has 1 saturated carbocycles. The average Bonchev–Trinajstić information content (AvgIpc) is 3.31. The number of halogens is 2. The van der Waals surface area contributed by atoms with E-state index in [-0.39, 0.29) is 5.91 Å².